The zero-order valence-corrected chi connectivity index (χ0v) is 11.7. The third-order valence-corrected chi connectivity index (χ3v) is 7.27. The van der Waals surface area contributed by atoms with E-state index in [1.54, 1.807) is 70.6 Å². The molecule has 0 spiro atoms. The second-order valence-corrected chi connectivity index (χ2v) is 8.37. The van der Waals surface area contributed by atoms with Crippen LogP contribution in [0.2, 0.25) is 0 Å². The molecule has 5 aliphatic carbocycles. The van der Waals surface area contributed by atoms with Crippen molar-refractivity contribution in [3.63, 3.8) is 0 Å². The van der Waals surface area contributed by atoms with Gasteiger partial charge in [-0.2, -0.15) is 0 Å². The first-order valence-corrected chi connectivity index (χ1v) is 8.90. The second-order valence-electron chi connectivity index (χ2n) is 8.37. The Morgan fingerprint density at radius 2 is 0.944 bits per heavy atom. The third kappa shape index (κ3) is 1.44. The summed E-state index contributed by atoms with van der Waals surface area (Å²) in [6.45, 7) is 0. The number of hydrogen-bond acceptors (Lipinski definition) is 0. The van der Waals surface area contributed by atoms with Crippen LogP contribution < -0.4 is 0 Å². The fraction of sp³-hybridized carbons (Fsp3) is 1.00. The summed E-state index contributed by atoms with van der Waals surface area (Å²) in [7, 11) is 0. The Morgan fingerprint density at radius 1 is 0.500 bits per heavy atom. The van der Waals surface area contributed by atoms with Crippen molar-refractivity contribution >= 4 is 0 Å². The van der Waals surface area contributed by atoms with Crippen LogP contribution in [0.5, 0.6) is 0 Å². The minimum absolute atomic E-state index is 0.903. The maximum atomic E-state index is 1.63. The lowest BCUT2D eigenvalue weighted by atomic mass is 9.52. The fourth-order valence-electron chi connectivity index (χ4n) is 6.33. The van der Waals surface area contributed by atoms with Gasteiger partial charge in [0, 0.05) is 0 Å². The van der Waals surface area contributed by atoms with E-state index in [1.807, 2.05) is 0 Å². The average molecular weight is 244 g/mol. The van der Waals surface area contributed by atoms with Crippen molar-refractivity contribution in [1.29, 1.82) is 0 Å². The lowest BCUT2D eigenvalue weighted by Gasteiger charge is -2.52. The summed E-state index contributed by atoms with van der Waals surface area (Å²) in [5.41, 5.74) is 0.903. The average Bonchev–Trinajstić information content (AvgIpc) is 3.30. The molecule has 5 aliphatic rings. The van der Waals surface area contributed by atoms with Crippen LogP contribution in [0.25, 0.3) is 0 Å². The van der Waals surface area contributed by atoms with Gasteiger partial charge in [0.05, 0.1) is 0 Å². The molecule has 0 bridgehead atoms. The van der Waals surface area contributed by atoms with Crippen LogP contribution in [0.15, 0.2) is 0 Å². The molecule has 0 heterocycles. The highest BCUT2D eigenvalue weighted by Gasteiger charge is 2.66. The number of hydrogen-bond donors (Lipinski definition) is 0. The van der Waals surface area contributed by atoms with Gasteiger partial charge in [0.2, 0.25) is 0 Å². The monoisotopic (exact) mass is 244 g/mol. The van der Waals surface area contributed by atoms with Gasteiger partial charge in [0.15, 0.2) is 0 Å². The standard InChI is InChI=1S/C18H28/c1-2-16(12-4-5-12)18(14-8-9-14,15-10-11-15)17(3-1)13-6-7-13/h12-17H,1-11H2. The molecule has 5 fully saturated rings. The van der Waals surface area contributed by atoms with Gasteiger partial charge in [0.25, 0.3) is 0 Å². The first-order valence-electron chi connectivity index (χ1n) is 8.90. The summed E-state index contributed by atoms with van der Waals surface area (Å²) in [6, 6.07) is 0. The van der Waals surface area contributed by atoms with Gasteiger partial charge in [-0.25, -0.2) is 0 Å². The Morgan fingerprint density at radius 3 is 1.28 bits per heavy atom. The molecule has 2 atom stereocenters. The van der Waals surface area contributed by atoms with E-state index >= 15 is 0 Å². The van der Waals surface area contributed by atoms with E-state index in [0.29, 0.717) is 0 Å². The maximum Gasteiger partial charge on any atom is -0.0179 e. The minimum Gasteiger partial charge on any atom is -0.0527 e. The van der Waals surface area contributed by atoms with Gasteiger partial charge in [-0.3, -0.25) is 0 Å². The maximum absolute atomic E-state index is 1.63. The Bertz CT molecular complexity index is 307. The van der Waals surface area contributed by atoms with Gasteiger partial charge in [-0.15, -0.1) is 0 Å². The van der Waals surface area contributed by atoms with Crippen molar-refractivity contribution in [3.05, 3.63) is 0 Å². The van der Waals surface area contributed by atoms with E-state index in [4.69, 9.17) is 0 Å². The molecule has 0 aromatic rings. The van der Waals surface area contributed by atoms with Crippen LogP contribution >= 0.6 is 0 Å². The van der Waals surface area contributed by atoms with Crippen molar-refractivity contribution in [1.82, 2.24) is 0 Å². The van der Waals surface area contributed by atoms with Gasteiger partial charge >= 0.3 is 0 Å². The van der Waals surface area contributed by atoms with Gasteiger partial charge in [0.1, 0.15) is 0 Å². The molecule has 18 heavy (non-hydrogen) atoms. The molecule has 0 N–H and O–H groups in total. The summed E-state index contributed by atoms with van der Waals surface area (Å²) in [5.74, 6) is 7.15. The van der Waals surface area contributed by atoms with Crippen LogP contribution in [0.4, 0.5) is 0 Å². The zero-order chi connectivity index (χ0) is 11.7. The molecule has 5 saturated carbocycles. The Kier molecular flexibility index (Phi) is 2.12. The van der Waals surface area contributed by atoms with Crippen LogP contribution in [-0.4, -0.2) is 0 Å². The van der Waals surface area contributed by atoms with E-state index in [-0.39, 0.29) is 0 Å². The molecule has 0 amide bonds. The molecule has 0 saturated heterocycles. The summed E-state index contributed by atoms with van der Waals surface area (Å²) in [6.07, 6.45) is 17.7. The summed E-state index contributed by atoms with van der Waals surface area (Å²) >= 11 is 0. The minimum atomic E-state index is 0.903. The van der Waals surface area contributed by atoms with E-state index in [2.05, 4.69) is 0 Å². The predicted octanol–water partition coefficient (Wildman–Crippen LogP) is 5.03. The molecule has 5 rings (SSSR count). The number of rotatable bonds is 4. The lowest BCUT2D eigenvalue weighted by molar-refractivity contribution is -0.0456. The van der Waals surface area contributed by atoms with Crippen LogP contribution in [0.3, 0.4) is 0 Å². The van der Waals surface area contributed by atoms with Crippen molar-refractivity contribution in [2.24, 2.45) is 40.9 Å². The largest absolute Gasteiger partial charge is 0.0527 e. The first kappa shape index (κ1) is 10.7. The van der Waals surface area contributed by atoms with Crippen molar-refractivity contribution in [2.45, 2.75) is 70.6 Å². The third-order valence-electron chi connectivity index (χ3n) is 7.27. The van der Waals surface area contributed by atoms with Gasteiger partial charge in [-0.1, -0.05) is 6.42 Å². The normalized spacial score (nSPS) is 44.0. The zero-order valence-electron chi connectivity index (χ0n) is 11.7. The molecular weight excluding hydrogens is 216 g/mol. The summed E-state index contributed by atoms with van der Waals surface area (Å²) < 4.78 is 0. The Labute approximate surface area is 112 Å². The molecule has 0 aromatic heterocycles. The second kappa shape index (κ2) is 3.55. The van der Waals surface area contributed by atoms with E-state index in [0.717, 1.165) is 5.41 Å². The molecular formula is C18H28. The van der Waals surface area contributed by atoms with Crippen LogP contribution in [0, 0.1) is 40.9 Å². The van der Waals surface area contributed by atoms with E-state index < -0.39 is 0 Å². The van der Waals surface area contributed by atoms with Crippen LogP contribution in [-0.2, 0) is 0 Å². The summed E-state index contributed by atoms with van der Waals surface area (Å²) in [5, 5.41) is 0. The SMILES string of the molecule is C1CC(C2CC2)C(C2CC2)(C2CC2)C(C2CC2)C1. The molecule has 0 heteroatoms. The topological polar surface area (TPSA) is 0 Å². The highest BCUT2D eigenvalue weighted by molar-refractivity contribution is 5.15. The van der Waals surface area contributed by atoms with Crippen molar-refractivity contribution in [2.75, 3.05) is 0 Å². The molecule has 0 radical (unpaired) electrons. The molecule has 0 aromatic carbocycles. The molecule has 0 aliphatic heterocycles. The smallest absolute Gasteiger partial charge is 0.0179 e. The Hall–Kier alpha value is 0. The lowest BCUT2D eigenvalue weighted by Crippen LogP contribution is -2.47. The van der Waals surface area contributed by atoms with Crippen molar-refractivity contribution in [3.8, 4) is 0 Å². The van der Waals surface area contributed by atoms with Gasteiger partial charge < -0.3 is 0 Å². The molecule has 100 valence electrons. The summed E-state index contributed by atoms with van der Waals surface area (Å²) in [4.78, 5) is 0. The molecule has 0 nitrogen and oxygen atoms in total. The van der Waals surface area contributed by atoms with E-state index in [9.17, 15) is 0 Å². The predicted molar refractivity (Wildman–Crippen MR) is 74.2 cm³/mol. The van der Waals surface area contributed by atoms with Gasteiger partial charge in [-0.05, 0) is 105 Å². The highest BCUT2D eigenvalue weighted by Crippen LogP contribution is 2.73. The fourth-order valence-corrected chi connectivity index (χ4v) is 6.33. The highest BCUT2D eigenvalue weighted by atomic mass is 14.7. The molecule has 2 unspecified atom stereocenters. The quantitative estimate of drug-likeness (QED) is 0.650. The van der Waals surface area contributed by atoms with E-state index in [1.165, 1.54) is 35.5 Å². The van der Waals surface area contributed by atoms with Crippen molar-refractivity contribution < 1.29 is 0 Å². The Balaban J connectivity index is 1.56. The first-order chi connectivity index (χ1) is 8.90. The van der Waals surface area contributed by atoms with Crippen LogP contribution in [0.1, 0.15) is 70.6 Å².